The van der Waals surface area contributed by atoms with Gasteiger partial charge in [-0.1, -0.05) is 0 Å². The van der Waals surface area contributed by atoms with Gasteiger partial charge in [0, 0.05) is 10.4 Å². The fourth-order valence-corrected chi connectivity index (χ4v) is 4.46. The van der Waals surface area contributed by atoms with Gasteiger partial charge in [-0.2, -0.15) is 0 Å². The predicted octanol–water partition coefficient (Wildman–Crippen LogP) is 2.58. The molecule has 1 aromatic rings. The third kappa shape index (κ3) is 1.82. The normalized spacial score (nSPS) is 27.7. The first-order valence-electron chi connectivity index (χ1n) is 6.85. The number of hydrogen-bond donors (Lipinski definition) is 1. The number of fused-ring (bicyclic) bond motifs is 1. The second-order valence-electron chi connectivity index (χ2n) is 6.84. The van der Waals surface area contributed by atoms with Crippen molar-refractivity contribution >= 4 is 11.3 Å². The SMILES string of the molecule is CC(C)(C)N1CCC2(CC1)Cc1scnc1[C@H]2N. The zero-order chi connectivity index (χ0) is 13.0. The Kier molecular flexibility index (Phi) is 2.81. The fraction of sp³-hybridized carbons (Fsp3) is 0.786. The summed E-state index contributed by atoms with van der Waals surface area (Å²) in [5.74, 6) is 0. The van der Waals surface area contributed by atoms with Gasteiger partial charge in [-0.05, 0) is 58.5 Å². The van der Waals surface area contributed by atoms with E-state index >= 15 is 0 Å². The van der Waals surface area contributed by atoms with Gasteiger partial charge in [0.15, 0.2) is 0 Å². The monoisotopic (exact) mass is 265 g/mol. The van der Waals surface area contributed by atoms with Gasteiger partial charge in [-0.15, -0.1) is 11.3 Å². The van der Waals surface area contributed by atoms with Crippen LogP contribution in [0.4, 0.5) is 0 Å². The number of nitrogens with zero attached hydrogens (tertiary/aromatic N) is 2. The van der Waals surface area contributed by atoms with E-state index in [1.807, 2.05) is 5.51 Å². The molecule has 2 heterocycles. The van der Waals surface area contributed by atoms with Gasteiger partial charge >= 0.3 is 0 Å². The van der Waals surface area contributed by atoms with E-state index in [0.717, 1.165) is 6.42 Å². The molecule has 2 N–H and O–H groups in total. The Morgan fingerprint density at radius 2 is 2.06 bits per heavy atom. The quantitative estimate of drug-likeness (QED) is 0.784. The van der Waals surface area contributed by atoms with Gasteiger partial charge in [-0.25, -0.2) is 4.98 Å². The molecule has 1 aliphatic carbocycles. The maximum atomic E-state index is 6.48. The molecule has 0 bridgehead atoms. The number of hydrogen-bond acceptors (Lipinski definition) is 4. The first-order chi connectivity index (χ1) is 8.42. The maximum Gasteiger partial charge on any atom is 0.0798 e. The Morgan fingerprint density at radius 1 is 1.39 bits per heavy atom. The van der Waals surface area contributed by atoms with Gasteiger partial charge in [0.05, 0.1) is 17.2 Å². The van der Waals surface area contributed by atoms with E-state index < -0.39 is 0 Å². The molecular formula is C14H23N3S. The van der Waals surface area contributed by atoms with Crippen molar-refractivity contribution in [3.63, 3.8) is 0 Å². The molecule has 3 rings (SSSR count). The van der Waals surface area contributed by atoms with E-state index in [9.17, 15) is 0 Å². The average molecular weight is 265 g/mol. The second kappa shape index (κ2) is 4.02. The number of likely N-dealkylation sites (tertiary alicyclic amines) is 1. The summed E-state index contributed by atoms with van der Waals surface area (Å²) in [6.07, 6.45) is 3.59. The van der Waals surface area contributed by atoms with Gasteiger partial charge in [0.2, 0.25) is 0 Å². The Bertz CT molecular complexity index is 438. The Labute approximate surface area is 113 Å². The zero-order valence-corrected chi connectivity index (χ0v) is 12.4. The lowest BCUT2D eigenvalue weighted by atomic mass is 9.73. The van der Waals surface area contributed by atoms with Crippen LogP contribution in [0.1, 0.15) is 50.2 Å². The van der Waals surface area contributed by atoms with Crippen LogP contribution in [-0.4, -0.2) is 28.5 Å². The van der Waals surface area contributed by atoms with Crippen molar-refractivity contribution in [2.45, 2.75) is 51.6 Å². The number of thiazole rings is 1. The van der Waals surface area contributed by atoms with Crippen molar-refractivity contribution in [2.24, 2.45) is 11.1 Å². The number of rotatable bonds is 0. The lowest BCUT2D eigenvalue weighted by molar-refractivity contribution is 0.0342. The van der Waals surface area contributed by atoms with E-state index in [1.54, 1.807) is 11.3 Å². The molecule has 2 aliphatic rings. The summed E-state index contributed by atoms with van der Waals surface area (Å²) in [6.45, 7) is 9.26. The third-order valence-electron chi connectivity index (χ3n) is 4.85. The van der Waals surface area contributed by atoms with Crippen LogP contribution in [0.2, 0.25) is 0 Å². The highest BCUT2D eigenvalue weighted by Gasteiger charge is 2.48. The third-order valence-corrected chi connectivity index (χ3v) is 5.70. The van der Waals surface area contributed by atoms with Crippen LogP contribution >= 0.6 is 11.3 Å². The highest BCUT2D eigenvalue weighted by molar-refractivity contribution is 7.09. The van der Waals surface area contributed by atoms with E-state index in [0.29, 0.717) is 5.41 Å². The molecule has 0 radical (unpaired) electrons. The lowest BCUT2D eigenvalue weighted by Gasteiger charge is -2.46. The van der Waals surface area contributed by atoms with Crippen LogP contribution in [0, 0.1) is 5.41 Å². The molecule has 18 heavy (non-hydrogen) atoms. The van der Waals surface area contributed by atoms with Crippen molar-refractivity contribution in [2.75, 3.05) is 13.1 Å². The summed E-state index contributed by atoms with van der Waals surface area (Å²) in [5, 5.41) is 0. The highest BCUT2D eigenvalue weighted by atomic mass is 32.1. The Hall–Kier alpha value is -0.450. The Morgan fingerprint density at radius 3 is 2.61 bits per heavy atom. The van der Waals surface area contributed by atoms with Crippen LogP contribution in [0.3, 0.4) is 0 Å². The summed E-state index contributed by atoms with van der Waals surface area (Å²) in [5.41, 5.74) is 10.2. The van der Waals surface area contributed by atoms with E-state index in [4.69, 9.17) is 5.73 Å². The molecular weight excluding hydrogens is 242 g/mol. The largest absolute Gasteiger partial charge is 0.322 e. The summed E-state index contributed by atoms with van der Waals surface area (Å²) >= 11 is 1.79. The molecule has 0 unspecified atom stereocenters. The topological polar surface area (TPSA) is 42.2 Å². The Balaban J connectivity index is 1.76. The average Bonchev–Trinajstić information content (AvgIpc) is 2.83. The van der Waals surface area contributed by atoms with Gasteiger partial charge in [0.25, 0.3) is 0 Å². The smallest absolute Gasteiger partial charge is 0.0798 e. The standard InChI is InChI=1S/C14H23N3S/c1-13(2,3)17-6-4-14(5-7-17)8-10-11(12(14)15)16-9-18-10/h9,12H,4-8,15H2,1-3H3/t12-/m1/s1. The molecule has 0 saturated carbocycles. The van der Waals surface area contributed by atoms with Crippen molar-refractivity contribution in [3.8, 4) is 0 Å². The van der Waals surface area contributed by atoms with E-state index in [1.165, 1.54) is 36.5 Å². The minimum absolute atomic E-state index is 0.167. The minimum atomic E-state index is 0.167. The van der Waals surface area contributed by atoms with Crippen LogP contribution in [0.15, 0.2) is 5.51 Å². The molecule has 1 fully saturated rings. The van der Waals surface area contributed by atoms with Gasteiger partial charge in [-0.3, -0.25) is 4.90 Å². The summed E-state index contributed by atoms with van der Waals surface area (Å²) < 4.78 is 0. The van der Waals surface area contributed by atoms with Crippen LogP contribution < -0.4 is 5.73 Å². The lowest BCUT2D eigenvalue weighted by Crippen LogP contribution is -2.51. The number of aromatic nitrogens is 1. The number of piperidine rings is 1. The van der Waals surface area contributed by atoms with Crippen LogP contribution in [0.5, 0.6) is 0 Å². The molecule has 1 atom stereocenters. The first-order valence-corrected chi connectivity index (χ1v) is 7.73. The summed E-state index contributed by atoms with van der Waals surface area (Å²) in [6, 6.07) is 0.167. The minimum Gasteiger partial charge on any atom is -0.322 e. The second-order valence-corrected chi connectivity index (χ2v) is 7.77. The molecule has 4 heteroatoms. The summed E-state index contributed by atoms with van der Waals surface area (Å²) in [4.78, 5) is 8.50. The van der Waals surface area contributed by atoms with Gasteiger partial charge < -0.3 is 5.73 Å². The molecule has 1 spiro atoms. The molecule has 3 nitrogen and oxygen atoms in total. The molecule has 0 amide bonds. The first kappa shape index (κ1) is 12.6. The molecule has 1 aromatic heterocycles. The van der Waals surface area contributed by atoms with E-state index in [2.05, 4.69) is 30.7 Å². The molecule has 1 saturated heterocycles. The fourth-order valence-electron chi connectivity index (χ4n) is 3.50. The number of nitrogens with two attached hydrogens (primary N) is 1. The van der Waals surface area contributed by atoms with Crippen LogP contribution in [0.25, 0.3) is 0 Å². The molecule has 100 valence electrons. The van der Waals surface area contributed by atoms with Crippen molar-refractivity contribution in [3.05, 3.63) is 16.1 Å². The van der Waals surface area contributed by atoms with Gasteiger partial charge in [0.1, 0.15) is 0 Å². The molecule has 1 aliphatic heterocycles. The zero-order valence-electron chi connectivity index (χ0n) is 11.6. The van der Waals surface area contributed by atoms with Crippen molar-refractivity contribution in [1.82, 2.24) is 9.88 Å². The van der Waals surface area contributed by atoms with Crippen LogP contribution in [-0.2, 0) is 6.42 Å². The maximum absolute atomic E-state index is 6.48. The summed E-state index contributed by atoms with van der Waals surface area (Å²) in [7, 11) is 0. The highest BCUT2D eigenvalue weighted by Crippen LogP contribution is 2.51. The van der Waals surface area contributed by atoms with E-state index in [-0.39, 0.29) is 11.6 Å². The molecule has 0 aromatic carbocycles. The van der Waals surface area contributed by atoms with Crippen molar-refractivity contribution < 1.29 is 0 Å². The predicted molar refractivity (Wildman–Crippen MR) is 75.7 cm³/mol. The van der Waals surface area contributed by atoms with Crippen molar-refractivity contribution in [1.29, 1.82) is 0 Å².